The molecule has 176 valence electrons. The van der Waals surface area contributed by atoms with E-state index in [1.807, 2.05) is 12.1 Å². The van der Waals surface area contributed by atoms with Crippen LogP contribution in [0.15, 0.2) is 48.5 Å². The third-order valence-electron chi connectivity index (χ3n) is 8.12. The first-order chi connectivity index (χ1) is 16.5. The van der Waals surface area contributed by atoms with Gasteiger partial charge in [-0.15, -0.1) is 0 Å². The van der Waals surface area contributed by atoms with E-state index in [-0.39, 0.29) is 24.1 Å². The third-order valence-corrected chi connectivity index (χ3v) is 8.12. The van der Waals surface area contributed by atoms with Crippen molar-refractivity contribution in [3.8, 4) is 0 Å². The molecule has 3 saturated heterocycles. The molecule has 34 heavy (non-hydrogen) atoms. The van der Waals surface area contributed by atoms with Gasteiger partial charge in [-0.1, -0.05) is 36.4 Å². The van der Waals surface area contributed by atoms with Crippen molar-refractivity contribution < 1.29 is 14.4 Å². The molecular weight excluding hydrogens is 428 g/mol. The molecule has 0 aromatic heterocycles. The Bertz CT molecular complexity index is 1130. The summed E-state index contributed by atoms with van der Waals surface area (Å²) in [5.74, 6) is -0.716. The molecule has 7 heteroatoms. The maximum Gasteiger partial charge on any atom is 0.255 e. The summed E-state index contributed by atoms with van der Waals surface area (Å²) in [5, 5.41) is 2.38. The van der Waals surface area contributed by atoms with Gasteiger partial charge >= 0.3 is 0 Å². The van der Waals surface area contributed by atoms with Gasteiger partial charge in [0.2, 0.25) is 11.8 Å². The molecule has 0 radical (unpaired) electrons. The molecule has 2 aromatic rings. The fourth-order valence-corrected chi connectivity index (χ4v) is 6.14. The Morgan fingerprint density at radius 3 is 2.44 bits per heavy atom. The molecule has 0 aliphatic carbocycles. The highest BCUT2D eigenvalue weighted by molar-refractivity contribution is 6.06. The summed E-state index contributed by atoms with van der Waals surface area (Å²) in [6, 6.07) is 16.0. The van der Waals surface area contributed by atoms with E-state index in [1.54, 1.807) is 4.90 Å². The van der Waals surface area contributed by atoms with Gasteiger partial charge in [0.15, 0.2) is 0 Å². The first-order valence-corrected chi connectivity index (χ1v) is 12.3. The van der Waals surface area contributed by atoms with Crippen LogP contribution >= 0.6 is 0 Å². The van der Waals surface area contributed by atoms with Crippen molar-refractivity contribution in [3.63, 3.8) is 0 Å². The molecule has 0 bridgehead atoms. The lowest BCUT2D eigenvalue weighted by atomic mass is 9.71. The van der Waals surface area contributed by atoms with Gasteiger partial charge < -0.3 is 9.80 Å². The third kappa shape index (κ3) is 3.68. The number of hydrogen-bond donors (Lipinski definition) is 1. The first kappa shape index (κ1) is 21.4. The van der Waals surface area contributed by atoms with E-state index >= 15 is 0 Å². The predicted octanol–water partition coefficient (Wildman–Crippen LogP) is 2.55. The molecule has 2 aromatic carbocycles. The fourth-order valence-electron chi connectivity index (χ4n) is 6.14. The van der Waals surface area contributed by atoms with E-state index in [4.69, 9.17) is 0 Å². The van der Waals surface area contributed by atoms with Crippen molar-refractivity contribution in [1.29, 1.82) is 0 Å². The average molecular weight is 459 g/mol. The monoisotopic (exact) mass is 458 g/mol. The zero-order valence-electron chi connectivity index (χ0n) is 19.3. The largest absolute Gasteiger partial charge is 0.370 e. The molecule has 4 aliphatic heterocycles. The SMILES string of the molecule is O=C1CCC(N2Cc3c(cccc3N3CC4(CCN(Cc5ccccc5)CC4)C3)C2=O)C(=O)N1. The number of nitrogens with one attached hydrogen (secondary N) is 1. The first-order valence-electron chi connectivity index (χ1n) is 12.3. The normalized spacial score (nSPS) is 24.2. The van der Waals surface area contributed by atoms with Gasteiger partial charge in [-0.25, -0.2) is 0 Å². The maximum absolute atomic E-state index is 13.1. The Hall–Kier alpha value is -3.19. The number of nitrogens with zero attached hydrogens (tertiary/aromatic N) is 3. The second-order valence-corrected chi connectivity index (χ2v) is 10.3. The summed E-state index contributed by atoms with van der Waals surface area (Å²) in [6.07, 6.45) is 3.07. The second-order valence-electron chi connectivity index (χ2n) is 10.3. The van der Waals surface area contributed by atoms with Crippen LogP contribution in [0.5, 0.6) is 0 Å². The van der Waals surface area contributed by atoms with Gasteiger partial charge in [-0.3, -0.25) is 24.6 Å². The number of benzene rings is 2. The van der Waals surface area contributed by atoms with Crippen LogP contribution in [0.2, 0.25) is 0 Å². The number of rotatable bonds is 4. The molecule has 3 fully saturated rings. The van der Waals surface area contributed by atoms with E-state index in [0.29, 0.717) is 23.9 Å². The quantitative estimate of drug-likeness (QED) is 0.713. The van der Waals surface area contributed by atoms with Crippen molar-refractivity contribution in [2.24, 2.45) is 5.41 Å². The molecule has 1 spiro atoms. The van der Waals surface area contributed by atoms with Gasteiger partial charge in [0.25, 0.3) is 5.91 Å². The molecule has 7 nitrogen and oxygen atoms in total. The number of carbonyl (C=O) groups excluding carboxylic acids is 3. The minimum atomic E-state index is -0.567. The van der Waals surface area contributed by atoms with Crippen LogP contribution in [0, 0.1) is 5.41 Å². The number of anilines is 1. The lowest BCUT2D eigenvalue weighted by Crippen LogP contribution is -2.60. The Labute approximate surface area is 199 Å². The van der Waals surface area contributed by atoms with Crippen LogP contribution in [0.1, 0.15) is 47.2 Å². The molecule has 1 N–H and O–H groups in total. The minimum Gasteiger partial charge on any atom is -0.370 e. The lowest BCUT2D eigenvalue weighted by Gasteiger charge is -2.55. The molecule has 6 rings (SSSR count). The number of carbonyl (C=O) groups is 3. The number of imide groups is 1. The number of hydrogen-bond acceptors (Lipinski definition) is 5. The zero-order valence-corrected chi connectivity index (χ0v) is 19.3. The molecule has 1 atom stereocenters. The van der Waals surface area contributed by atoms with Crippen LogP contribution in [-0.2, 0) is 22.7 Å². The Morgan fingerprint density at radius 1 is 0.941 bits per heavy atom. The Kier molecular flexibility index (Phi) is 5.17. The highest BCUT2D eigenvalue weighted by Gasteiger charge is 2.47. The van der Waals surface area contributed by atoms with Gasteiger partial charge in [0, 0.05) is 54.8 Å². The van der Waals surface area contributed by atoms with E-state index in [9.17, 15) is 14.4 Å². The fraction of sp³-hybridized carbons (Fsp3) is 0.444. The van der Waals surface area contributed by atoms with Crippen molar-refractivity contribution in [2.75, 3.05) is 31.1 Å². The molecule has 1 unspecified atom stereocenters. The van der Waals surface area contributed by atoms with E-state index in [1.165, 1.54) is 18.4 Å². The van der Waals surface area contributed by atoms with Crippen molar-refractivity contribution in [1.82, 2.24) is 15.1 Å². The molecule has 3 amide bonds. The van der Waals surface area contributed by atoms with Crippen molar-refractivity contribution >= 4 is 23.4 Å². The molecule has 0 saturated carbocycles. The summed E-state index contributed by atoms with van der Waals surface area (Å²) in [4.78, 5) is 43.7. The smallest absolute Gasteiger partial charge is 0.255 e. The van der Waals surface area contributed by atoms with Crippen LogP contribution in [0.4, 0.5) is 5.69 Å². The van der Waals surface area contributed by atoms with Crippen LogP contribution in [0.3, 0.4) is 0 Å². The number of fused-ring (bicyclic) bond motifs is 1. The van der Waals surface area contributed by atoms with Gasteiger partial charge in [-0.2, -0.15) is 0 Å². The summed E-state index contributed by atoms with van der Waals surface area (Å²) >= 11 is 0. The van der Waals surface area contributed by atoms with Crippen LogP contribution in [-0.4, -0.2) is 59.7 Å². The van der Waals surface area contributed by atoms with E-state index in [0.717, 1.165) is 44.0 Å². The predicted molar refractivity (Wildman–Crippen MR) is 128 cm³/mol. The second kappa shape index (κ2) is 8.24. The van der Waals surface area contributed by atoms with E-state index < -0.39 is 6.04 Å². The Balaban J connectivity index is 1.11. The van der Waals surface area contributed by atoms with Crippen molar-refractivity contribution in [3.05, 3.63) is 65.2 Å². The maximum atomic E-state index is 13.1. The van der Waals surface area contributed by atoms with Crippen molar-refractivity contribution in [2.45, 2.75) is 44.8 Å². The number of amides is 3. The van der Waals surface area contributed by atoms with Gasteiger partial charge in [0.05, 0.1) is 0 Å². The molecule has 4 heterocycles. The summed E-state index contributed by atoms with van der Waals surface area (Å²) < 4.78 is 0. The molecular formula is C27H30N4O3. The highest BCUT2D eigenvalue weighted by Crippen LogP contribution is 2.45. The van der Waals surface area contributed by atoms with Gasteiger partial charge in [-0.05, 0) is 50.0 Å². The average Bonchev–Trinajstić information content (AvgIpc) is 3.15. The van der Waals surface area contributed by atoms with Gasteiger partial charge in [0.1, 0.15) is 6.04 Å². The molecule has 4 aliphatic rings. The van der Waals surface area contributed by atoms with Crippen LogP contribution < -0.4 is 10.2 Å². The number of piperidine rings is 2. The lowest BCUT2D eigenvalue weighted by molar-refractivity contribution is -0.136. The highest BCUT2D eigenvalue weighted by atomic mass is 16.2. The summed E-state index contributed by atoms with van der Waals surface area (Å²) in [7, 11) is 0. The standard InChI is InChI=1S/C27H30N4O3/c32-24-10-9-23(25(33)28-24)31-16-21-20(26(31)34)7-4-8-22(21)30-17-27(18-30)11-13-29(14-12-27)15-19-5-2-1-3-6-19/h1-8,23H,9-18H2,(H,28,32,33). The topological polar surface area (TPSA) is 73.0 Å². The summed E-state index contributed by atoms with van der Waals surface area (Å²) in [6.45, 7) is 5.75. The van der Waals surface area contributed by atoms with E-state index in [2.05, 4.69) is 51.5 Å². The minimum absolute atomic E-state index is 0.101. The summed E-state index contributed by atoms with van der Waals surface area (Å²) in [5.41, 5.74) is 4.58. The Morgan fingerprint density at radius 2 is 1.71 bits per heavy atom. The van der Waals surface area contributed by atoms with Crippen LogP contribution in [0.25, 0.3) is 0 Å². The number of likely N-dealkylation sites (tertiary alicyclic amines) is 1. The zero-order chi connectivity index (χ0) is 23.3.